The van der Waals surface area contributed by atoms with Crippen LogP contribution in [0, 0.1) is 6.92 Å². The summed E-state index contributed by atoms with van der Waals surface area (Å²) in [6.07, 6.45) is 1.21. The molecule has 0 saturated carbocycles. The Morgan fingerprint density at radius 1 is 1.23 bits per heavy atom. The third kappa shape index (κ3) is 5.03. The van der Waals surface area contributed by atoms with Gasteiger partial charge in [-0.3, -0.25) is 4.79 Å². The first kappa shape index (κ1) is 20.8. The summed E-state index contributed by atoms with van der Waals surface area (Å²) in [6, 6.07) is 4.52. The summed E-state index contributed by atoms with van der Waals surface area (Å²) in [5.41, 5.74) is 1.35. The summed E-state index contributed by atoms with van der Waals surface area (Å²) in [6.45, 7) is 3.08. The average Bonchev–Trinajstić information content (AvgIpc) is 3.11. The molecule has 1 aromatic rings. The van der Waals surface area contributed by atoms with Crippen LogP contribution in [-0.2, 0) is 19.5 Å². The van der Waals surface area contributed by atoms with Crippen LogP contribution < -0.4 is 4.74 Å². The fourth-order valence-electron chi connectivity index (χ4n) is 3.09. The Kier molecular flexibility index (Phi) is 7.57. The Bertz CT molecular complexity index is 718. The second-order valence-electron chi connectivity index (χ2n) is 6.24. The fraction of sp³-hybridized carbons (Fsp3) is 0.611. The van der Waals surface area contributed by atoms with Crippen LogP contribution in [0.15, 0.2) is 18.2 Å². The smallest absolute Gasteiger partial charge is 0.217 e. The molecule has 1 heterocycles. The largest absolute Gasteiger partial charge is 0.496 e. The van der Waals surface area contributed by atoms with Gasteiger partial charge in [-0.05, 0) is 43.5 Å². The summed E-state index contributed by atoms with van der Waals surface area (Å²) in [5, 5.41) is 0. The van der Waals surface area contributed by atoms with Gasteiger partial charge in [-0.2, -0.15) is 4.31 Å². The number of ketones is 1. The lowest BCUT2D eigenvalue weighted by molar-refractivity contribution is 0.0779. The van der Waals surface area contributed by atoms with E-state index in [1.807, 2.05) is 6.92 Å². The molecule has 0 bridgehead atoms. The molecular formula is C18H27NO6S. The number of benzene rings is 1. The van der Waals surface area contributed by atoms with Crippen LogP contribution in [0.2, 0.25) is 0 Å². The molecule has 1 aliphatic rings. The Balaban J connectivity index is 2.06. The van der Waals surface area contributed by atoms with Crippen molar-refractivity contribution in [1.82, 2.24) is 4.31 Å². The van der Waals surface area contributed by atoms with Crippen LogP contribution in [0.4, 0.5) is 0 Å². The molecule has 1 fully saturated rings. The number of aryl methyl sites for hydroxylation is 1. The van der Waals surface area contributed by atoms with E-state index in [0.717, 1.165) is 5.56 Å². The summed E-state index contributed by atoms with van der Waals surface area (Å²) in [5.74, 6) is 0.394. The predicted molar refractivity (Wildman–Crippen MR) is 98.3 cm³/mol. The van der Waals surface area contributed by atoms with E-state index in [0.29, 0.717) is 43.9 Å². The van der Waals surface area contributed by atoms with E-state index >= 15 is 0 Å². The van der Waals surface area contributed by atoms with Crippen molar-refractivity contribution >= 4 is 15.8 Å². The van der Waals surface area contributed by atoms with Crippen molar-refractivity contribution < 1.29 is 27.4 Å². The number of nitrogens with zero attached hydrogens (tertiary/aromatic N) is 1. The number of sulfonamides is 1. The van der Waals surface area contributed by atoms with Crippen LogP contribution in [0.25, 0.3) is 0 Å². The summed E-state index contributed by atoms with van der Waals surface area (Å²) in [4.78, 5) is 12.9. The van der Waals surface area contributed by atoms with Gasteiger partial charge in [0.15, 0.2) is 5.78 Å². The maximum absolute atomic E-state index is 12.9. The Morgan fingerprint density at radius 2 is 2.00 bits per heavy atom. The quantitative estimate of drug-likeness (QED) is 0.450. The third-order valence-electron chi connectivity index (χ3n) is 4.46. The number of carbonyl (C=O) groups excluding carboxylic acids is 1. The number of carbonyl (C=O) groups is 1. The average molecular weight is 385 g/mol. The van der Waals surface area contributed by atoms with Gasteiger partial charge in [0.2, 0.25) is 10.0 Å². The first-order valence-electron chi connectivity index (χ1n) is 8.65. The van der Waals surface area contributed by atoms with Crippen molar-refractivity contribution in [2.24, 2.45) is 0 Å². The Labute approximate surface area is 155 Å². The monoisotopic (exact) mass is 385 g/mol. The van der Waals surface area contributed by atoms with Crippen LogP contribution in [-0.4, -0.2) is 70.9 Å². The zero-order valence-electron chi connectivity index (χ0n) is 15.6. The maximum atomic E-state index is 12.9. The van der Waals surface area contributed by atoms with Gasteiger partial charge in [-0.15, -0.1) is 0 Å². The third-order valence-corrected chi connectivity index (χ3v) is 6.29. The van der Waals surface area contributed by atoms with Gasteiger partial charge in [-0.1, -0.05) is 0 Å². The molecule has 146 valence electrons. The Morgan fingerprint density at radius 3 is 2.65 bits per heavy atom. The molecule has 1 saturated heterocycles. The lowest BCUT2D eigenvalue weighted by Crippen LogP contribution is -2.42. The molecule has 0 aliphatic carbocycles. The highest BCUT2D eigenvalue weighted by atomic mass is 32.2. The van der Waals surface area contributed by atoms with Gasteiger partial charge in [0.25, 0.3) is 0 Å². The van der Waals surface area contributed by atoms with Crippen LogP contribution in [0.3, 0.4) is 0 Å². The zero-order valence-corrected chi connectivity index (χ0v) is 16.4. The number of ether oxygens (including phenoxy) is 3. The molecule has 0 radical (unpaired) electrons. The second-order valence-corrected chi connectivity index (χ2v) is 8.28. The molecule has 0 N–H and O–H groups in total. The van der Waals surface area contributed by atoms with E-state index in [-0.39, 0.29) is 18.1 Å². The first-order chi connectivity index (χ1) is 12.4. The number of rotatable bonds is 10. The maximum Gasteiger partial charge on any atom is 0.217 e. The van der Waals surface area contributed by atoms with Crippen molar-refractivity contribution in [2.45, 2.75) is 25.8 Å². The molecule has 1 aromatic carbocycles. The predicted octanol–water partition coefficient (Wildman–Crippen LogP) is 1.64. The molecule has 26 heavy (non-hydrogen) atoms. The standard InChI is InChI=1S/C18H27NO6S/c1-14-13-15(6-7-17(14)24-3)18(20)16-5-4-8-19(16)26(21,22)12-11-25-10-9-23-2/h6-7,13,16H,4-5,8-12H2,1-3H3. The summed E-state index contributed by atoms with van der Waals surface area (Å²) >= 11 is 0. The number of hydrogen-bond acceptors (Lipinski definition) is 6. The van der Waals surface area contributed by atoms with Crippen molar-refractivity contribution in [3.8, 4) is 5.75 Å². The number of methoxy groups -OCH3 is 2. The highest BCUT2D eigenvalue weighted by Gasteiger charge is 2.38. The minimum atomic E-state index is -3.55. The molecular weight excluding hydrogens is 358 g/mol. The highest BCUT2D eigenvalue weighted by molar-refractivity contribution is 7.89. The fourth-order valence-corrected chi connectivity index (χ4v) is 4.64. The van der Waals surface area contributed by atoms with Crippen LogP contribution in [0.5, 0.6) is 5.75 Å². The van der Waals surface area contributed by atoms with E-state index < -0.39 is 16.1 Å². The summed E-state index contributed by atoms with van der Waals surface area (Å²) in [7, 11) is -0.420. The van der Waals surface area contributed by atoms with Gasteiger partial charge in [0, 0.05) is 19.2 Å². The normalized spacial score (nSPS) is 18.2. The molecule has 7 nitrogen and oxygen atoms in total. The van der Waals surface area contributed by atoms with Gasteiger partial charge >= 0.3 is 0 Å². The lowest BCUT2D eigenvalue weighted by atomic mass is 10.0. The first-order valence-corrected chi connectivity index (χ1v) is 10.3. The SMILES string of the molecule is COCCOCCS(=O)(=O)N1CCCC1C(=O)c1ccc(OC)c(C)c1. The van der Waals surface area contributed by atoms with Crippen LogP contribution in [0.1, 0.15) is 28.8 Å². The number of hydrogen-bond donors (Lipinski definition) is 0. The molecule has 8 heteroatoms. The van der Waals surface area contributed by atoms with E-state index in [9.17, 15) is 13.2 Å². The second kappa shape index (κ2) is 9.45. The minimum absolute atomic E-state index is 0.0880. The lowest BCUT2D eigenvalue weighted by Gasteiger charge is -2.23. The van der Waals surface area contributed by atoms with Crippen molar-refractivity contribution in [1.29, 1.82) is 0 Å². The van der Waals surface area contributed by atoms with E-state index in [1.165, 1.54) is 4.31 Å². The van der Waals surface area contributed by atoms with Crippen LogP contribution >= 0.6 is 0 Å². The van der Waals surface area contributed by atoms with E-state index in [2.05, 4.69) is 0 Å². The van der Waals surface area contributed by atoms with E-state index in [1.54, 1.807) is 32.4 Å². The van der Waals surface area contributed by atoms with Crippen molar-refractivity contribution in [3.05, 3.63) is 29.3 Å². The summed E-state index contributed by atoms with van der Waals surface area (Å²) < 4.78 is 41.9. The molecule has 1 aliphatic heterocycles. The molecule has 2 rings (SSSR count). The van der Waals surface area contributed by atoms with Gasteiger partial charge < -0.3 is 14.2 Å². The Hall–Kier alpha value is -1.48. The van der Waals surface area contributed by atoms with Gasteiger partial charge in [0.1, 0.15) is 5.75 Å². The van der Waals surface area contributed by atoms with Crippen molar-refractivity contribution in [3.63, 3.8) is 0 Å². The number of Topliss-reactive ketones (excluding diaryl/α,β-unsaturated/α-hetero) is 1. The highest BCUT2D eigenvalue weighted by Crippen LogP contribution is 2.26. The molecule has 0 aromatic heterocycles. The van der Waals surface area contributed by atoms with E-state index in [4.69, 9.17) is 14.2 Å². The van der Waals surface area contributed by atoms with Gasteiger partial charge in [0.05, 0.1) is 38.7 Å². The van der Waals surface area contributed by atoms with Gasteiger partial charge in [-0.25, -0.2) is 8.42 Å². The topological polar surface area (TPSA) is 82.1 Å². The molecule has 1 unspecified atom stereocenters. The zero-order chi connectivity index (χ0) is 19.2. The molecule has 1 atom stereocenters. The minimum Gasteiger partial charge on any atom is -0.496 e. The van der Waals surface area contributed by atoms with Crippen molar-refractivity contribution in [2.75, 3.05) is 46.3 Å². The molecule has 0 spiro atoms. The molecule has 0 amide bonds.